The summed E-state index contributed by atoms with van der Waals surface area (Å²) in [5.74, 6) is -0.360. The molecule has 5 nitrogen and oxygen atoms in total. The van der Waals surface area contributed by atoms with Crippen molar-refractivity contribution in [3.05, 3.63) is 0 Å². The highest BCUT2D eigenvalue weighted by atomic mass is 28.4. The number of alkyl halides is 3. The van der Waals surface area contributed by atoms with Crippen molar-refractivity contribution < 1.29 is 36.7 Å². The molecule has 25 heavy (non-hydrogen) atoms. The predicted molar refractivity (Wildman–Crippen MR) is 99.1 cm³/mol. The van der Waals surface area contributed by atoms with Crippen molar-refractivity contribution in [2.75, 3.05) is 0 Å². The minimum absolute atomic E-state index is 0.360. The summed E-state index contributed by atoms with van der Waals surface area (Å²) in [6.07, 6.45) is -5.63. The first-order valence-electron chi connectivity index (χ1n) is 8.52. The molecule has 0 spiro atoms. The van der Waals surface area contributed by atoms with E-state index in [0.29, 0.717) is 6.42 Å². The van der Waals surface area contributed by atoms with E-state index in [9.17, 15) is 23.4 Å². The van der Waals surface area contributed by atoms with Crippen molar-refractivity contribution >= 4 is 29.3 Å². The summed E-state index contributed by atoms with van der Waals surface area (Å²) in [5.41, 5.74) is -0.976. The van der Waals surface area contributed by atoms with Gasteiger partial charge >= 0.3 is 0 Å². The second-order valence-electron chi connectivity index (χ2n) is 7.08. The zero-order valence-corrected chi connectivity index (χ0v) is 20.2. The molecule has 11 heteroatoms. The second-order valence-corrected chi connectivity index (χ2v) is 16.2. The van der Waals surface area contributed by atoms with Crippen molar-refractivity contribution in [3.8, 4) is 0 Å². The van der Waals surface area contributed by atoms with Crippen LogP contribution in [0.25, 0.3) is 0 Å². The van der Waals surface area contributed by atoms with Gasteiger partial charge in [-0.2, -0.15) is 0 Å². The molecular formula is C14H33F3O5Si3. The van der Waals surface area contributed by atoms with E-state index in [1.54, 1.807) is 13.8 Å². The Bertz CT molecular complexity index is 342. The maximum atomic E-state index is 13.4. The van der Waals surface area contributed by atoms with E-state index in [1.807, 2.05) is 6.92 Å². The average molecular weight is 423 g/mol. The van der Waals surface area contributed by atoms with Crippen LogP contribution >= 0.6 is 0 Å². The van der Waals surface area contributed by atoms with Gasteiger partial charge in [-0.15, -0.1) is 0 Å². The summed E-state index contributed by atoms with van der Waals surface area (Å²) >= 11 is 0. The van der Waals surface area contributed by atoms with E-state index < -0.39 is 64.4 Å². The molecule has 0 radical (unpaired) electrons. The lowest BCUT2D eigenvalue weighted by atomic mass is 9.77. The maximum Gasteiger partial charge on any atom is 0.186 e. The zero-order valence-electron chi connectivity index (χ0n) is 16.0. The molecule has 4 unspecified atom stereocenters. The molecule has 0 aromatic carbocycles. The Morgan fingerprint density at radius 3 is 1.36 bits per heavy atom. The van der Waals surface area contributed by atoms with E-state index in [2.05, 4.69) is 0 Å². The van der Waals surface area contributed by atoms with Gasteiger partial charge in [-0.05, 0) is 26.7 Å². The first-order valence-corrected chi connectivity index (χ1v) is 12.4. The monoisotopic (exact) mass is 422 g/mol. The quantitative estimate of drug-likeness (QED) is 0.337. The molecule has 0 heterocycles. The summed E-state index contributed by atoms with van der Waals surface area (Å²) in [7, 11) is -4.93. The molecule has 0 saturated heterocycles. The van der Waals surface area contributed by atoms with Crippen LogP contribution < -0.4 is 0 Å². The smallest absolute Gasteiger partial charge is 0.186 e. The number of halogens is 3. The van der Waals surface area contributed by atoms with Crippen LogP contribution in [0.4, 0.5) is 13.2 Å². The summed E-state index contributed by atoms with van der Waals surface area (Å²) in [5, 5.41) is 19.7. The molecule has 152 valence electrons. The molecule has 0 aliphatic carbocycles. The summed E-state index contributed by atoms with van der Waals surface area (Å²) in [6.45, 7) is 8.97. The van der Waals surface area contributed by atoms with Crippen LogP contribution in [0, 0.1) is 11.3 Å². The Hall–Kier alpha value is 0.241. The minimum atomic E-state index is -1.64. The predicted octanol–water partition coefficient (Wildman–Crippen LogP) is 0.671. The van der Waals surface area contributed by atoms with E-state index in [0.717, 1.165) is 0 Å². The summed E-state index contributed by atoms with van der Waals surface area (Å²) in [4.78, 5) is 0. The van der Waals surface area contributed by atoms with E-state index >= 15 is 0 Å². The van der Waals surface area contributed by atoms with Crippen molar-refractivity contribution in [2.45, 2.75) is 77.6 Å². The second kappa shape index (κ2) is 11.2. The number of aliphatic hydroxyl groups is 2. The van der Waals surface area contributed by atoms with Crippen molar-refractivity contribution in [2.24, 2.45) is 11.3 Å². The fraction of sp³-hybridized carbons (Fsp3) is 1.00. The number of hydrogen-bond donors (Lipinski definition) is 2. The highest BCUT2D eigenvalue weighted by Crippen LogP contribution is 2.48. The maximum absolute atomic E-state index is 13.4. The van der Waals surface area contributed by atoms with Crippen LogP contribution in [0.1, 0.15) is 48.0 Å². The van der Waals surface area contributed by atoms with Gasteiger partial charge in [0, 0.05) is 9.70 Å². The van der Waals surface area contributed by atoms with Crippen molar-refractivity contribution in [3.63, 3.8) is 0 Å². The molecule has 0 saturated carbocycles. The normalized spacial score (nSPS) is 21.6. The molecule has 0 rings (SSSR count). The third-order valence-corrected chi connectivity index (χ3v) is 13.3. The van der Waals surface area contributed by atoms with Gasteiger partial charge in [-0.1, -0.05) is 27.2 Å². The molecule has 0 aliphatic rings. The van der Waals surface area contributed by atoms with Gasteiger partial charge in [-0.25, -0.2) is 13.2 Å². The molecule has 0 aromatic rings. The van der Waals surface area contributed by atoms with E-state index in [1.165, 1.54) is 20.8 Å². The Labute approximate surface area is 155 Å². The van der Waals surface area contributed by atoms with Gasteiger partial charge in [-0.3, -0.25) is 0 Å². The minimum Gasteiger partial charge on any atom is -0.396 e. The first-order chi connectivity index (χ1) is 11.4. The van der Waals surface area contributed by atoms with Gasteiger partial charge in [0.2, 0.25) is 0 Å². The summed E-state index contributed by atoms with van der Waals surface area (Å²) in [6, 6.07) is 0. The van der Waals surface area contributed by atoms with Crippen LogP contribution in [-0.2, 0) is 13.3 Å². The Morgan fingerprint density at radius 2 is 1.16 bits per heavy atom. The third kappa shape index (κ3) is 8.20. The van der Waals surface area contributed by atoms with Gasteiger partial charge in [0.1, 0.15) is 0 Å². The van der Waals surface area contributed by atoms with Crippen LogP contribution in [0.5, 0.6) is 0 Å². The largest absolute Gasteiger partial charge is 0.396 e. The van der Waals surface area contributed by atoms with E-state index in [-0.39, 0.29) is 5.92 Å². The highest BCUT2D eigenvalue weighted by Gasteiger charge is 2.51. The molecule has 0 amide bonds. The van der Waals surface area contributed by atoms with Crippen LogP contribution in [0.2, 0.25) is 4.28 Å². The fourth-order valence-electron chi connectivity index (χ4n) is 3.20. The molecule has 4 atom stereocenters. The SMILES string of the molecule is CCC(C([SiH2]OC(C)F)([SiH2]OC(C)F)[SiH2]OC(C)F)C(C)(C)C(O)O. The fourth-order valence-corrected chi connectivity index (χ4v) is 11.1. The van der Waals surface area contributed by atoms with Gasteiger partial charge in [0.05, 0.1) is 0 Å². The van der Waals surface area contributed by atoms with Crippen molar-refractivity contribution in [1.82, 2.24) is 0 Å². The zero-order chi connectivity index (χ0) is 19.8. The number of hydrogen-bond acceptors (Lipinski definition) is 5. The standard InChI is InChI=1S/C14H33F3O5Si3/c1-7-11(13(5,6)12(18)19)14(23-20-8(2)15,24-21-9(3)16)25-22-10(4)17/h8-12,18-19H,7,23-25H2,1-6H3. The molecule has 0 bridgehead atoms. The summed E-state index contributed by atoms with van der Waals surface area (Å²) < 4.78 is 55.2. The lowest BCUT2D eigenvalue weighted by molar-refractivity contribution is -0.145. The van der Waals surface area contributed by atoms with Gasteiger partial charge in [0.15, 0.2) is 54.7 Å². The topological polar surface area (TPSA) is 68.2 Å². The van der Waals surface area contributed by atoms with Crippen molar-refractivity contribution in [1.29, 1.82) is 0 Å². The molecule has 0 fully saturated rings. The molecule has 2 N–H and O–H groups in total. The number of aliphatic hydroxyl groups excluding tert-OH is 1. The van der Waals surface area contributed by atoms with Gasteiger partial charge in [0.25, 0.3) is 0 Å². The lowest BCUT2D eigenvalue weighted by Crippen LogP contribution is -2.52. The Kier molecular flexibility index (Phi) is 11.3. The molecular weight excluding hydrogens is 389 g/mol. The molecule has 0 aliphatic heterocycles. The number of rotatable bonds is 13. The lowest BCUT2D eigenvalue weighted by Gasteiger charge is -2.47. The van der Waals surface area contributed by atoms with E-state index in [4.69, 9.17) is 13.3 Å². The third-order valence-electron chi connectivity index (χ3n) is 4.51. The average Bonchev–Trinajstić information content (AvgIpc) is 2.48. The van der Waals surface area contributed by atoms with Gasteiger partial charge < -0.3 is 23.5 Å². The Morgan fingerprint density at radius 1 is 0.840 bits per heavy atom. The van der Waals surface area contributed by atoms with Crippen LogP contribution in [0.3, 0.4) is 0 Å². The van der Waals surface area contributed by atoms with Crippen LogP contribution in [-0.4, -0.2) is 64.9 Å². The molecule has 0 aromatic heterocycles. The first kappa shape index (κ1) is 25.2. The van der Waals surface area contributed by atoms with Crippen LogP contribution in [0.15, 0.2) is 0 Å². The highest BCUT2D eigenvalue weighted by molar-refractivity contribution is 6.74. The Balaban J connectivity index is 5.86.